The van der Waals surface area contributed by atoms with Crippen molar-refractivity contribution in [3.63, 3.8) is 0 Å². The van der Waals surface area contributed by atoms with Gasteiger partial charge < -0.3 is 14.3 Å². The fourth-order valence-electron chi connectivity index (χ4n) is 2.15. The highest BCUT2D eigenvalue weighted by molar-refractivity contribution is 5.72. The van der Waals surface area contributed by atoms with Crippen LogP contribution in [0.4, 0.5) is 4.39 Å². The molecule has 21 heavy (non-hydrogen) atoms. The number of rotatable bonds is 3. The zero-order valence-electron chi connectivity index (χ0n) is 11.6. The zero-order valence-corrected chi connectivity index (χ0v) is 11.6. The molecule has 0 aliphatic rings. The van der Waals surface area contributed by atoms with Crippen LogP contribution < -0.4 is 4.74 Å². The van der Waals surface area contributed by atoms with E-state index in [1.165, 1.54) is 18.2 Å². The van der Waals surface area contributed by atoms with Gasteiger partial charge >= 0.3 is 0 Å². The minimum Gasteiger partial charge on any atom is -0.497 e. The van der Waals surface area contributed by atoms with E-state index in [0.717, 1.165) is 0 Å². The predicted octanol–water partition coefficient (Wildman–Crippen LogP) is 3.23. The van der Waals surface area contributed by atoms with Crippen molar-refractivity contribution in [2.24, 2.45) is 0 Å². The van der Waals surface area contributed by atoms with E-state index < -0.39 is 11.4 Å². The summed E-state index contributed by atoms with van der Waals surface area (Å²) >= 11 is 0. The van der Waals surface area contributed by atoms with Gasteiger partial charge in [-0.2, -0.15) is 0 Å². The zero-order chi connectivity index (χ0) is 15.0. The maximum Gasteiger partial charge on any atom is 0.231 e. The minimum absolute atomic E-state index is 0.119. The van der Waals surface area contributed by atoms with Gasteiger partial charge in [-0.1, -0.05) is 12.1 Å². The first-order valence-corrected chi connectivity index (χ1v) is 6.44. The molecule has 2 aromatic carbocycles. The summed E-state index contributed by atoms with van der Waals surface area (Å²) in [6, 6.07) is 11.0. The number of halogens is 1. The Hall–Kier alpha value is -2.40. The van der Waals surface area contributed by atoms with Crippen molar-refractivity contribution in [1.82, 2.24) is 4.98 Å². The van der Waals surface area contributed by atoms with Crippen LogP contribution in [-0.4, -0.2) is 17.2 Å². The van der Waals surface area contributed by atoms with E-state index in [2.05, 4.69) is 4.98 Å². The van der Waals surface area contributed by atoms with Crippen molar-refractivity contribution in [2.45, 2.75) is 12.5 Å². The molecule has 1 heterocycles. The molecule has 4 nitrogen and oxygen atoms in total. The summed E-state index contributed by atoms with van der Waals surface area (Å²) in [4.78, 5) is 4.23. The van der Waals surface area contributed by atoms with Gasteiger partial charge in [-0.3, -0.25) is 0 Å². The van der Waals surface area contributed by atoms with Gasteiger partial charge in [0.05, 0.1) is 7.11 Å². The molecule has 0 saturated heterocycles. The first-order chi connectivity index (χ1) is 10.0. The van der Waals surface area contributed by atoms with Crippen molar-refractivity contribution < 1.29 is 18.7 Å². The third kappa shape index (κ3) is 2.36. The van der Waals surface area contributed by atoms with Crippen LogP contribution in [0, 0.1) is 5.82 Å². The van der Waals surface area contributed by atoms with Gasteiger partial charge in [0.15, 0.2) is 11.2 Å². The summed E-state index contributed by atoms with van der Waals surface area (Å²) in [5, 5.41) is 10.7. The Balaban J connectivity index is 2.05. The van der Waals surface area contributed by atoms with Crippen LogP contribution in [0.15, 0.2) is 46.9 Å². The molecule has 5 heteroatoms. The number of hydrogen-bond acceptors (Lipinski definition) is 4. The number of oxazole rings is 1. The average molecular weight is 287 g/mol. The van der Waals surface area contributed by atoms with Crippen molar-refractivity contribution in [1.29, 1.82) is 0 Å². The van der Waals surface area contributed by atoms with E-state index in [9.17, 15) is 9.50 Å². The average Bonchev–Trinajstić information content (AvgIpc) is 2.91. The van der Waals surface area contributed by atoms with Crippen molar-refractivity contribution >= 4 is 11.1 Å². The summed E-state index contributed by atoms with van der Waals surface area (Å²) in [7, 11) is 1.57. The fraction of sp³-hybridized carbons (Fsp3) is 0.188. The number of aromatic nitrogens is 1. The number of fused-ring (bicyclic) bond motifs is 1. The van der Waals surface area contributed by atoms with Crippen LogP contribution in [0.25, 0.3) is 11.1 Å². The second-order valence-corrected chi connectivity index (χ2v) is 4.93. The van der Waals surface area contributed by atoms with E-state index >= 15 is 0 Å². The Labute approximate surface area is 120 Å². The van der Waals surface area contributed by atoms with Crippen molar-refractivity contribution in [3.05, 3.63) is 59.7 Å². The molecule has 3 aromatic rings. The lowest BCUT2D eigenvalue weighted by Crippen LogP contribution is -2.23. The third-order valence-electron chi connectivity index (χ3n) is 3.42. The van der Waals surface area contributed by atoms with Gasteiger partial charge in [-0.15, -0.1) is 0 Å². The van der Waals surface area contributed by atoms with E-state index in [-0.39, 0.29) is 5.89 Å². The van der Waals surface area contributed by atoms with E-state index in [0.29, 0.717) is 22.4 Å². The maximum absolute atomic E-state index is 13.2. The van der Waals surface area contributed by atoms with Gasteiger partial charge in [0.2, 0.25) is 5.89 Å². The fourth-order valence-corrected chi connectivity index (χ4v) is 2.15. The van der Waals surface area contributed by atoms with Crippen molar-refractivity contribution in [2.75, 3.05) is 7.11 Å². The van der Waals surface area contributed by atoms with Crippen LogP contribution in [0.1, 0.15) is 18.4 Å². The summed E-state index contributed by atoms with van der Waals surface area (Å²) in [6.07, 6.45) is 0. The number of benzene rings is 2. The normalized spacial score (nSPS) is 14.1. The first-order valence-electron chi connectivity index (χ1n) is 6.44. The smallest absolute Gasteiger partial charge is 0.231 e. The molecule has 108 valence electrons. The molecule has 1 atom stereocenters. The number of ether oxygens (including phenoxy) is 1. The molecule has 1 unspecified atom stereocenters. The van der Waals surface area contributed by atoms with Crippen LogP contribution in [0.5, 0.6) is 5.75 Å². The van der Waals surface area contributed by atoms with Crippen LogP contribution in [0.2, 0.25) is 0 Å². The number of hydrogen-bond donors (Lipinski definition) is 1. The Morgan fingerprint density at radius 1 is 1.19 bits per heavy atom. The largest absolute Gasteiger partial charge is 0.497 e. The molecule has 0 aliphatic heterocycles. The number of nitrogens with zero attached hydrogens (tertiary/aromatic N) is 1. The van der Waals surface area contributed by atoms with Crippen molar-refractivity contribution in [3.8, 4) is 5.75 Å². The second-order valence-electron chi connectivity index (χ2n) is 4.93. The highest BCUT2D eigenvalue weighted by atomic mass is 19.1. The lowest BCUT2D eigenvalue weighted by Gasteiger charge is -2.20. The van der Waals surface area contributed by atoms with Crippen LogP contribution >= 0.6 is 0 Å². The predicted molar refractivity (Wildman–Crippen MR) is 75.6 cm³/mol. The second kappa shape index (κ2) is 4.86. The molecular formula is C16H14FNO3. The van der Waals surface area contributed by atoms with E-state index in [1.54, 1.807) is 38.3 Å². The Bertz CT molecular complexity index is 778. The van der Waals surface area contributed by atoms with Gasteiger partial charge in [-0.05, 0) is 36.8 Å². The van der Waals surface area contributed by atoms with Crippen LogP contribution in [-0.2, 0) is 5.60 Å². The lowest BCUT2D eigenvalue weighted by atomic mass is 9.96. The molecule has 0 saturated carbocycles. The highest BCUT2D eigenvalue weighted by Crippen LogP contribution is 2.31. The Morgan fingerprint density at radius 3 is 2.57 bits per heavy atom. The van der Waals surface area contributed by atoms with E-state index in [4.69, 9.17) is 9.15 Å². The number of methoxy groups -OCH3 is 1. The van der Waals surface area contributed by atoms with Gasteiger partial charge in [-0.25, -0.2) is 9.37 Å². The quantitative estimate of drug-likeness (QED) is 0.803. The molecule has 0 spiro atoms. The molecule has 0 amide bonds. The molecule has 3 rings (SSSR count). The molecule has 1 N–H and O–H groups in total. The van der Waals surface area contributed by atoms with Gasteiger partial charge in [0, 0.05) is 6.07 Å². The molecule has 0 fully saturated rings. The molecule has 1 aromatic heterocycles. The van der Waals surface area contributed by atoms with Crippen LogP contribution in [0.3, 0.4) is 0 Å². The Kier molecular flexibility index (Phi) is 3.14. The minimum atomic E-state index is -1.41. The molecule has 0 radical (unpaired) electrons. The SMILES string of the molecule is COc1ccc(C(C)(O)c2nc3ccc(F)cc3o2)cc1. The Morgan fingerprint density at radius 2 is 1.90 bits per heavy atom. The molecular weight excluding hydrogens is 273 g/mol. The standard InChI is InChI=1S/C16H14FNO3/c1-16(19,10-3-6-12(20-2)7-4-10)15-18-13-8-5-11(17)9-14(13)21-15/h3-9,19H,1-2H3. The lowest BCUT2D eigenvalue weighted by molar-refractivity contribution is 0.0726. The van der Waals surface area contributed by atoms with Gasteiger partial charge in [0.1, 0.15) is 17.1 Å². The molecule has 0 bridgehead atoms. The monoisotopic (exact) mass is 287 g/mol. The summed E-state index contributed by atoms with van der Waals surface area (Å²) in [6.45, 7) is 1.58. The first kappa shape index (κ1) is 13.6. The summed E-state index contributed by atoms with van der Waals surface area (Å²) in [5.74, 6) is 0.400. The van der Waals surface area contributed by atoms with Gasteiger partial charge in [0.25, 0.3) is 0 Å². The van der Waals surface area contributed by atoms with E-state index in [1.807, 2.05) is 0 Å². The molecule has 0 aliphatic carbocycles. The maximum atomic E-state index is 13.2. The summed E-state index contributed by atoms with van der Waals surface area (Å²) < 4.78 is 23.8. The third-order valence-corrected chi connectivity index (χ3v) is 3.42. The topological polar surface area (TPSA) is 55.5 Å². The number of aliphatic hydroxyl groups is 1. The summed E-state index contributed by atoms with van der Waals surface area (Å²) in [5.41, 5.74) is -0.00352. The highest BCUT2D eigenvalue weighted by Gasteiger charge is 2.31.